The highest BCUT2D eigenvalue weighted by Crippen LogP contribution is 2.04. The molecule has 0 aliphatic rings. The van der Waals surface area contributed by atoms with E-state index in [-0.39, 0.29) is 18.6 Å². The zero-order valence-electron chi connectivity index (χ0n) is 15.3. The molecule has 0 saturated heterocycles. The number of rotatable bonds is 14. The molecule has 3 unspecified atom stereocenters. The van der Waals surface area contributed by atoms with E-state index in [4.69, 9.17) is 21.1 Å². The maximum atomic E-state index is 12.5. The molecule has 0 bridgehead atoms. The first kappa shape index (κ1) is 26.1. The Morgan fingerprint density at radius 3 is 1.62 bits per heavy atom. The average molecular weight is 436 g/mol. The van der Waals surface area contributed by atoms with E-state index < -0.39 is 73.1 Å². The van der Waals surface area contributed by atoms with Crippen LogP contribution in [0.5, 0.6) is 0 Å². The van der Waals surface area contributed by atoms with Gasteiger partial charge in [0.1, 0.15) is 18.6 Å². The van der Waals surface area contributed by atoms with Gasteiger partial charge in [0.25, 0.3) is 0 Å². The minimum absolute atomic E-state index is 0.0437. The summed E-state index contributed by atoms with van der Waals surface area (Å²) in [5.41, 5.74) is 5.50. The van der Waals surface area contributed by atoms with E-state index in [0.717, 1.165) is 0 Å². The van der Waals surface area contributed by atoms with Crippen LogP contribution in [0.2, 0.25) is 0 Å². The summed E-state index contributed by atoms with van der Waals surface area (Å²) in [6.45, 7) is -0.756. The van der Waals surface area contributed by atoms with Gasteiger partial charge in [-0.3, -0.25) is 28.8 Å². The van der Waals surface area contributed by atoms with Gasteiger partial charge >= 0.3 is 17.9 Å². The molecular weight excluding hydrogens is 412 g/mol. The molecule has 0 fully saturated rings. The summed E-state index contributed by atoms with van der Waals surface area (Å²) >= 11 is 3.85. The molecular formula is C15H24N4O9S. The second-order valence-electron chi connectivity index (χ2n) is 5.89. The molecule has 0 aromatic carbocycles. The number of hydrogen-bond acceptors (Lipinski definition) is 8. The first-order valence-corrected chi connectivity index (χ1v) is 9.01. The predicted molar refractivity (Wildman–Crippen MR) is 100 cm³/mol. The Labute approximate surface area is 170 Å². The van der Waals surface area contributed by atoms with E-state index >= 15 is 0 Å². The quantitative estimate of drug-likeness (QED) is 0.130. The maximum absolute atomic E-state index is 12.5. The normalized spacial score (nSPS) is 13.4. The second kappa shape index (κ2) is 13.3. The van der Waals surface area contributed by atoms with E-state index in [1.165, 1.54) is 0 Å². The lowest BCUT2D eigenvalue weighted by molar-refractivity contribution is -0.140. The van der Waals surface area contributed by atoms with Gasteiger partial charge < -0.3 is 37.0 Å². The van der Waals surface area contributed by atoms with Crippen molar-refractivity contribution in [1.29, 1.82) is 0 Å². The van der Waals surface area contributed by atoms with Crippen LogP contribution in [0.4, 0.5) is 0 Å². The molecule has 0 saturated carbocycles. The van der Waals surface area contributed by atoms with Crippen LogP contribution in [0.25, 0.3) is 0 Å². The fourth-order valence-electron chi connectivity index (χ4n) is 1.99. The van der Waals surface area contributed by atoms with Gasteiger partial charge in [0.15, 0.2) is 0 Å². The Hall–Kier alpha value is -2.87. The number of carboxylic acid groups (broad SMARTS) is 3. The molecule has 0 aromatic heterocycles. The van der Waals surface area contributed by atoms with Gasteiger partial charge in [-0.05, 0) is 12.8 Å². The number of carbonyl (C=O) groups excluding carboxylic acids is 3. The summed E-state index contributed by atoms with van der Waals surface area (Å²) in [7, 11) is 0. The fourth-order valence-corrected chi connectivity index (χ4v) is 2.16. The molecule has 0 spiro atoms. The van der Waals surface area contributed by atoms with Crippen LogP contribution >= 0.6 is 12.6 Å². The second-order valence-corrected chi connectivity index (χ2v) is 6.25. The van der Waals surface area contributed by atoms with Crippen LogP contribution in [0, 0.1) is 0 Å². The molecule has 14 heteroatoms. The van der Waals surface area contributed by atoms with Crippen molar-refractivity contribution in [2.75, 3.05) is 12.3 Å². The standard InChI is InChI=1S/C15H24N4O9S/c16-7(6-29)13(26)18-9(2-4-11(22)23)15(28)19-8(1-3-10(20)21)14(27)17-5-12(24)25/h7-9,29H,1-6,16H2,(H,17,27)(H,18,26)(H,19,28)(H,20,21)(H,22,23)(H,24,25). The van der Waals surface area contributed by atoms with Gasteiger partial charge in [0, 0.05) is 18.6 Å². The number of nitrogens with two attached hydrogens (primary N) is 1. The Bertz CT molecular complexity index is 643. The summed E-state index contributed by atoms with van der Waals surface area (Å²) in [5.74, 6) is -6.57. The van der Waals surface area contributed by atoms with E-state index in [1.807, 2.05) is 5.32 Å². The predicted octanol–water partition coefficient (Wildman–Crippen LogP) is -2.86. The van der Waals surface area contributed by atoms with E-state index in [0.29, 0.717) is 0 Å². The van der Waals surface area contributed by atoms with Crippen LogP contribution in [0.1, 0.15) is 25.7 Å². The van der Waals surface area contributed by atoms with Crippen LogP contribution in [-0.4, -0.2) is 81.4 Å². The molecule has 164 valence electrons. The van der Waals surface area contributed by atoms with E-state index in [2.05, 4.69) is 23.3 Å². The summed E-state index contributed by atoms with van der Waals surface area (Å²) in [6.07, 6.45) is -1.68. The van der Waals surface area contributed by atoms with Crippen molar-refractivity contribution in [2.45, 2.75) is 43.8 Å². The van der Waals surface area contributed by atoms with Crippen molar-refractivity contribution in [3.63, 3.8) is 0 Å². The van der Waals surface area contributed by atoms with E-state index in [9.17, 15) is 28.8 Å². The molecule has 8 N–H and O–H groups in total. The monoisotopic (exact) mass is 436 g/mol. The van der Waals surface area contributed by atoms with Crippen molar-refractivity contribution in [2.24, 2.45) is 5.73 Å². The molecule has 29 heavy (non-hydrogen) atoms. The average Bonchev–Trinajstić information content (AvgIpc) is 2.64. The molecule has 0 aliphatic carbocycles. The fraction of sp³-hybridized carbons (Fsp3) is 0.600. The van der Waals surface area contributed by atoms with Crippen LogP contribution in [0.3, 0.4) is 0 Å². The van der Waals surface area contributed by atoms with Crippen molar-refractivity contribution in [1.82, 2.24) is 16.0 Å². The van der Waals surface area contributed by atoms with Crippen LogP contribution < -0.4 is 21.7 Å². The molecule has 0 heterocycles. The Kier molecular flexibility index (Phi) is 12.0. The van der Waals surface area contributed by atoms with Crippen molar-refractivity contribution >= 4 is 48.3 Å². The van der Waals surface area contributed by atoms with Crippen molar-refractivity contribution in [3.05, 3.63) is 0 Å². The minimum atomic E-state index is -1.42. The lowest BCUT2D eigenvalue weighted by atomic mass is 10.1. The summed E-state index contributed by atoms with van der Waals surface area (Å²) in [4.78, 5) is 68.6. The van der Waals surface area contributed by atoms with Gasteiger partial charge in [-0.25, -0.2) is 0 Å². The van der Waals surface area contributed by atoms with Gasteiger partial charge in [-0.15, -0.1) is 0 Å². The number of nitrogens with one attached hydrogen (secondary N) is 3. The van der Waals surface area contributed by atoms with Crippen LogP contribution in [-0.2, 0) is 28.8 Å². The maximum Gasteiger partial charge on any atom is 0.322 e. The molecule has 0 aliphatic heterocycles. The highest BCUT2D eigenvalue weighted by molar-refractivity contribution is 7.80. The molecule has 3 atom stereocenters. The topological polar surface area (TPSA) is 225 Å². The van der Waals surface area contributed by atoms with Crippen molar-refractivity contribution < 1.29 is 44.1 Å². The summed E-state index contributed by atoms with van der Waals surface area (Å²) < 4.78 is 0. The first-order chi connectivity index (χ1) is 13.5. The lowest BCUT2D eigenvalue weighted by Crippen LogP contribution is -2.56. The molecule has 0 radical (unpaired) electrons. The number of thiol groups is 1. The third-order valence-electron chi connectivity index (χ3n) is 3.51. The number of carboxylic acids is 3. The number of aliphatic carboxylic acids is 3. The Morgan fingerprint density at radius 1 is 0.759 bits per heavy atom. The largest absolute Gasteiger partial charge is 0.481 e. The third kappa shape index (κ3) is 11.5. The van der Waals surface area contributed by atoms with Gasteiger partial charge in [-0.2, -0.15) is 12.6 Å². The summed E-state index contributed by atoms with van der Waals surface area (Å²) in [6, 6.07) is -3.86. The zero-order chi connectivity index (χ0) is 22.6. The third-order valence-corrected chi connectivity index (χ3v) is 3.90. The Balaban J connectivity index is 5.29. The smallest absolute Gasteiger partial charge is 0.322 e. The molecule has 3 amide bonds. The van der Waals surface area contributed by atoms with E-state index in [1.54, 1.807) is 0 Å². The highest BCUT2D eigenvalue weighted by atomic mass is 32.1. The minimum Gasteiger partial charge on any atom is -0.481 e. The van der Waals surface area contributed by atoms with Gasteiger partial charge in [-0.1, -0.05) is 0 Å². The lowest BCUT2D eigenvalue weighted by Gasteiger charge is -2.23. The number of amides is 3. The molecule has 0 rings (SSSR count). The van der Waals surface area contributed by atoms with Crippen LogP contribution in [0.15, 0.2) is 0 Å². The molecule has 13 nitrogen and oxygen atoms in total. The SMILES string of the molecule is NC(CS)C(=O)NC(CCC(=O)O)C(=O)NC(CCC(=O)O)C(=O)NCC(=O)O. The van der Waals surface area contributed by atoms with Gasteiger partial charge in [0.05, 0.1) is 6.04 Å². The summed E-state index contributed by atoms with van der Waals surface area (Å²) in [5, 5.41) is 32.7. The molecule has 0 aromatic rings. The first-order valence-electron chi connectivity index (χ1n) is 8.38. The number of carbonyl (C=O) groups is 6. The Morgan fingerprint density at radius 2 is 1.21 bits per heavy atom. The highest BCUT2D eigenvalue weighted by Gasteiger charge is 2.28. The number of hydrogen-bond donors (Lipinski definition) is 8. The van der Waals surface area contributed by atoms with Crippen molar-refractivity contribution in [3.8, 4) is 0 Å². The van der Waals surface area contributed by atoms with Gasteiger partial charge in [0.2, 0.25) is 17.7 Å². The zero-order valence-corrected chi connectivity index (χ0v) is 16.2.